The fourth-order valence-corrected chi connectivity index (χ4v) is 4.78. The molecule has 4 heterocycles. The lowest BCUT2D eigenvalue weighted by Gasteiger charge is -2.29. The predicted octanol–water partition coefficient (Wildman–Crippen LogP) is 4.96. The van der Waals surface area contributed by atoms with E-state index >= 15 is 0 Å². The van der Waals surface area contributed by atoms with Crippen LogP contribution in [0.15, 0.2) is 42.2 Å². The summed E-state index contributed by atoms with van der Waals surface area (Å²) in [5, 5.41) is 9.98. The molecule has 0 aromatic carbocycles. The first-order valence-electron chi connectivity index (χ1n) is 11.2. The summed E-state index contributed by atoms with van der Waals surface area (Å²) in [6.45, 7) is 9.48. The Hall–Kier alpha value is -3.12. The van der Waals surface area contributed by atoms with E-state index in [1.54, 1.807) is 6.20 Å². The van der Waals surface area contributed by atoms with Crippen LogP contribution in [0.5, 0.6) is 0 Å². The van der Waals surface area contributed by atoms with Gasteiger partial charge in [-0.05, 0) is 74.2 Å². The maximum Gasteiger partial charge on any atom is 0.336 e. The van der Waals surface area contributed by atoms with Crippen molar-refractivity contribution in [2.75, 3.05) is 38.6 Å². The molecule has 168 valence electrons. The lowest BCUT2D eigenvalue weighted by atomic mass is 9.93. The fourth-order valence-electron chi connectivity index (χ4n) is 4.78. The molecule has 0 atom stereocenters. The topological polar surface area (TPSA) is 61.1 Å². The highest BCUT2D eigenvalue weighted by Crippen LogP contribution is 2.35. The van der Waals surface area contributed by atoms with E-state index in [1.807, 2.05) is 44.1 Å². The van der Waals surface area contributed by atoms with Crippen LogP contribution in [0.2, 0.25) is 0 Å². The fraction of sp³-hybridized carbons (Fsp3) is 0.385. The molecular weight excluding hydrogens is 400 g/mol. The van der Waals surface area contributed by atoms with E-state index in [2.05, 4.69) is 40.4 Å². The van der Waals surface area contributed by atoms with Crippen LogP contribution in [0.25, 0.3) is 22.2 Å². The molecule has 6 nitrogen and oxygen atoms in total. The molecule has 0 amide bonds. The van der Waals surface area contributed by atoms with Crippen LogP contribution in [-0.4, -0.2) is 59.1 Å². The second-order valence-electron chi connectivity index (χ2n) is 8.78. The molecule has 1 saturated heterocycles. The van der Waals surface area contributed by atoms with Crippen molar-refractivity contribution in [2.24, 2.45) is 0 Å². The Bertz CT molecular complexity index is 1200. The molecule has 0 bridgehead atoms. The molecule has 32 heavy (non-hydrogen) atoms. The van der Waals surface area contributed by atoms with Gasteiger partial charge in [-0.1, -0.05) is 12.5 Å². The number of allylic oxidation sites excluding steroid dienone is 1. The summed E-state index contributed by atoms with van der Waals surface area (Å²) in [5.74, 6) is -0.0191. The summed E-state index contributed by atoms with van der Waals surface area (Å²) < 4.78 is 2.17. The minimum atomic E-state index is -0.888. The van der Waals surface area contributed by atoms with Crippen LogP contribution in [0.4, 0.5) is 5.82 Å². The summed E-state index contributed by atoms with van der Waals surface area (Å²) in [6, 6.07) is 7.91. The number of rotatable bonds is 5. The van der Waals surface area contributed by atoms with Crippen LogP contribution in [0, 0.1) is 6.92 Å². The minimum Gasteiger partial charge on any atom is -0.478 e. The number of anilines is 1. The number of hydrogen-bond acceptors (Lipinski definition) is 4. The Labute approximate surface area is 189 Å². The van der Waals surface area contributed by atoms with Crippen molar-refractivity contribution in [2.45, 2.75) is 33.6 Å². The second-order valence-corrected chi connectivity index (χ2v) is 8.78. The van der Waals surface area contributed by atoms with Gasteiger partial charge >= 0.3 is 5.97 Å². The zero-order chi connectivity index (χ0) is 23.0. The van der Waals surface area contributed by atoms with E-state index in [4.69, 9.17) is 0 Å². The van der Waals surface area contributed by atoms with Crippen LogP contribution in [-0.2, 0) is 0 Å². The highest BCUT2D eigenvalue weighted by atomic mass is 16.4. The predicted molar refractivity (Wildman–Crippen MR) is 131 cm³/mol. The summed E-state index contributed by atoms with van der Waals surface area (Å²) in [5.41, 5.74) is 7.77. The molecule has 4 rings (SSSR count). The Balaban J connectivity index is 1.92. The standard InChI is InChI=1S/C26H32N4O2/c1-6-29-12-8-19(9-13-29)17(2)25-18(3)22(26(31)32)16-23-21(10-14-30(23)25)20-7-11-27-24(15-20)28(4)5/h7,10-11,14-16H,6,8-9,12-13H2,1-5H3,(H,31,32). The van der Waals surface area contributed by atoms with Crippen molar-refractivity contribution < 1.29 is 9.90 Å². The van der Waals surface area contributed by atoms with Gasteiger partial charge in [0.05, 0.1) is 16.8 Å². The maximum absolute atomic E-state index is 12.2. The van der Waals surface area contributed by atoms with Crippen LogP contribution in [0.3, 0.4) is 0 Å². The molecule has 6 heteroatoms. The summed E-state index contributed by atoms with van der Waals surface area (Å²) in [7, 11) is 3.93. The zero-order valence-corrected chi connectivity index (χ0v) is 19.6. The molecule has 0 radical (unpaired) electrons. The van der Waals surface area contributed by atoms with Crippen molar-refractivity contribution in [1.82, 2.24) is 14.3 Å². The molecular formula is C26H32N4O2. The number of piperidine rings is 1. The number of aromatic nitrogens is 2. The lowest BCUT2D eigenvalue weighted by molar-refractivity contribution is 0.0696. The number of carbonyl (C=O) groups is 1. The molecule has 3 aromatic rings. The van der Waals surface area contributed by atoms with Gasteiger partial charge in [-0.25, -0.2) is 9.78 Å². The van der Waals surface area contributed by atoms with Gasteiger partial charge in [0, 0.05) is 45.1 Å². The molecule has 0 saturated carbocycles. The number of carboxylic acid groups (broad SMARTS) is 1. The Morgan fingerprint density at radius 1 is 1.19 bits per heavy atom. The van der Waals surface area contributed by atoms with Crippen LogP contribution >= 0.6 is 0 Å². The molecule has 1 aliphatic heterocycles. The summed E-state index contributed by atoms with van der Waals surface area (Å²) >= 11 is 0. The van der Waals surface area contributed by atoms with Gasteiger partial charge < -0.3 is 19.3 Å². The SMILES string of the molecule is CCN1CCC(=C(C)c2c(C)c(C(=O)O)cc3c(-c4ccnc(N(C)C)c4)ccn23)CC1. The van der Waals surface area contributed by atoms with E-state index in [0.29, 0.717) is 5.56 Å². The zero-order valence-electron chi connectivity index (χ0n) is 19.6. The van der Waals surface area contributed by atoms with Crippen molar-refractivity contribution in [3.05, 3.63) is 59.1 Å². The first kappa shape index (κ1) is 22.1. The van der Waals surface area contributed by atoms with E-state index in [1.165, 1.54) is 11.1 Å². The van der Waals surface area contributed by atoms with Crippen molar-refractivity contribution in [3.63, 3.8) is 0 Å². The number of aromatic carboxylic acids is 1. The minimum absolute atomic E-state index is 0.361. The van der Waals surface area contributed by atoms with Crippen molar-refractivity contribution in [3.8, 4) is 11.1 Å². The monoisotopic (exact) mass is 432 g/mol. The van der Waals surface area contributed by atoms with E-state index < -0.39 is 5.97 Å². The Morgan fingerprint density at radius 3 is 2.53 bits per heavy atom. The van der Waals surface area contributed by atoms with Crippen LogP contribution in [0.1, 0.15) is 48.3 Å². The van der Waals surface area contributed by atoms with Gasteiger partial charge in [0.15, 0.2) is 0 Å². The first-order chi connectivity index (χ1) is 15.3. The number of nitrogens with zero attached hydrogens (tertiary/aromatic N) is 4. The summed E-state index contributed by atoms with van der Waals surface area (Å²) in [6.07, 6.45) is 5.93. The molecule has 1 N–H and O–H groups in total. The Kier molecular flexibility index (Phi) is 6.07. The normalized spacial score (nSPS) is 14.7. The number of likely N-dealkylation sites (tertiary alicyclic amines) is 1. The molecule has 0 unspecified atom stereocenters. The third-order valence-corrected chi connectivity index (χ3v) is 6.74. The Morgan fingerprint density at radius 2 is 1.91 bits per heavy atom. The van der Waals surface area contributed by atoms with Crippen molar-refractivity contribution in [1.29, 1.82) is 0 Å². The largest absolute Gasteiger partial charge is 0.478 e. The quantitative estimate of drug-likeness (QED) is 0.617. The molecule has 0 aliphatic carbocycles. The lowest BCUT2D eigenvalue weighted by Crippen LogP contribution is -2.30. The van der Waals surface area contributed by atoms with Crippen molar-refractivity contribution >= 4 is 22.9 Å². The average molecular weight is 433 g/mol. The number of fused-ring (bicyclic) bond motifs is 1. The van der Waals surface area contributed by atoms with E-state index in [9.17, 15) is 9.90 Å². The number of pyridine rings is 2. The highest BCUT2D eigenvalue weighted by Gasteiger charge is 2.22. The van der Waals surface area contributed by atoms with E-state index in [0.717, 1.165) is 66.2 Å². The maximum atomic E-state index is 12.2. The first-order valence-corrected chi connectivity index (χ1v) is 11.2. The van der Waals surface area contributed by atoms with E-state index in [-0.39, 0.29) is 0 Å². The van der Waals surface area contributed by atoms with Crippen LogP contribution < -0.4 is 4.90 Å². The number of hydrogen-bond donors (Lipinski definition) is 1. The molecule has 1 aliphatic rings. The molecule has 3 aromatic heterocycles. The van der Waals surface area contributed by atoms with Gasteiger partial charge in [-0.2, -0.15) is 0 Å². The van der Waals surface area contributed by atoms with Gasteiger partial charge in [0.2, 0.25) is 0 Å². The van der Waals surface area contributed by atoms with Gasteiger partial charge in [-0.3, -0.25) is 0 Å². The van der Waals surface area contributed by atoms with Gasteiger partial charge in [0.1, 0.15) is 5.82 Å². The van der Waals surface area contributed by atoms with Gasteiger partial charge in [0.25, 0.3) is 0 Å². The highest BCUT2D eigenvalue weighted by molar-refractivity contribution is 5.95. The molecule has 0 spiro atoms. The average Bonchev–Trinajstić information content (AvgIpc) is 3.21. The third-order valence-electron chi connectivity index (χ3n) is 6.74. The van der Waals surface area contributed by atoms with Gasteiger partial charge in [-0.15, -0.1) is 0 Å². The second kappa shape index (κ2) is 8.79. The summed E-state index contributed by atoms with van der Waals surface area (Å²) in [4.78, 5) is 21.0. The smallest absolute Gasteiger partial charge is 0.336 e. The third kappa shape index (κ3) is 3.91. The number of carboxylic acids is 1. The molecule has 1 fully saturated rings.